The van der Waals surface area contributed by atoms with Crippen LogP contribution < -0.4 is 0 Å². The predicted molar refractivity (Wildman–Crippen MR) is 76.6 cm³/mol. The van der Waals surface area contributed by atoms with Gasteiger partial charge in [-0.1, -0.05) is 15.9 Å². The minimum atomic E-state index is -1.07. The average Bonchev–Trinajstić information content (AvgIpc) is 2.36. The highest BCUT2D eigenvalue weighted by molar-refractivity contribution is 9.10. The topological polar surface area (TPSA) is 29.5 Å². The second-order valence-corrected chi connectivity index (χ2v) is 7.41. The third-order valence-electron chi connectivity index (χ3n) is 3.86. The van der Waals surface area contributed by atoms with E-state index in [1.54, 1.807) is 12.1 Å². The van der Waals surface area contributed by atoms with Gasteiger partial charge in [-0.3, -0.25) is 0 Å². The molecule has 0 radical (unpaired) electrons. The molecule has 1 aliphatic rings. The lowest BCUT2D eigenvalue weighted by Gasteiger charge is -2.35. The SMILES string of the molecule is CC1(C)CC(O)(Cc2cc(Br)ccc2F)C(C)(C)O1. The van der Waals surface area contributed by atoms with Gasteiger partial charge in [0.2, 0.25) is 0 Å². The molecule has 0 aliphatic carbocycles. The maximum Gasteiger partial charge on any atom is 0.126 e. The molecule has 0 spiro atoms. The van der Waals surface area contributed by atoms with Crippen LogP contribution in [0.25, 0.3) is 0 Å². The van der Waals surface area contributed by atoms with Crippen LogP contribution in [-0.2, 0) is 11.2 Å². The van der Waals surface area contributed by atoms with Crippen LogP contribution in [0, 0.1) is 5.82 Å². The Bertz CT molecular complexity index is 499. The van der Waals surface area contributed by atoms with Crippen LogP contribution in [0.2, 0.25) is 0 Å². The third kappa shape index (κ3) is 2.86. The summed E-state index contributed by atoms with van der Waals surface area (Å²) in [6.07, 6.45) is 0.730. The fourth-order valence-corrected chi connectivity index (χ4v) is 3.42. The van der Waals surface area contributed by atoms with Crippen molar-refractivity contribution in [2.24, 2.45) is 0 Å². The minimum absolute atomic E-state index is 0.245. The molecular weight excluding hydrogens is 311 g/mol. The Kier molecular flexibility index (Phi) is 3.57. The fourth-order valence-electron chi connectivity index (χ4n) is 3.01. The highest BCUT2D eigenvalue weighted by atomic mass is 79.9. The van der Waals surface area contributed by atoms with Gasteiger partial charge in [0.25, 0.3) is 0 Å². The van der Waals surface area contributed by atoms with Gasteiger partial charge in [0.05, 0.1) is 16.8 Å². The van der Waals surface area contributed by atoms with E-state index in [-0.39, 0.29) is 12.2 Å². The number of ether oxygens (including phenoxy) is 1. The van der Waals surface area contributed by atoms with Gasteiger partial charge in [-0.05, 0) is 51.5 Å². The molecule has 1 N–H and O–H groups in total. The second-order valence-electron chi connectivity index (χ2n) is 6.49. The van der Waals surface area contributed by atoms with Crippen molar-refractivity contribution in [3.63, 3.8) is 0 Å². The van der Waals surface area contributed by atoms with Gasteiger partial charge in [0.15, 0.2) is 0 Å². The van der Waals surface area contributed by atoms with E-state index in [0.717, 1.165) is 4.47 Å². The molecule has 1 aromatic rings. The van der Waals surface area contributed by atoms with Crippen LogP contribution in [0.1, 0.15) is 39.7 Å². The summed E-state index contributed by atoms with van der Waals surface area (Å²) in [6, 6.07) is 4.79. The van der Waals surface area contributed by atoms with Crippen LogP contribution in [0.15, 0.2) is 22.7 Å². The molecule has 2 rings (SSSR count). The molecule has 1 aromatic carbocycles. The van der Waals surface area contributed by atoms with Crippen molar-refractivity contribution in [2.75, 3.05) is 0 Å². The van der Waals surface area contributed by atoms with Crippen LogP contribution in [0.4, 0.5) is 4.39 Å². The van der Waals surface area contributed by atoms with Gasteiger partial charge in [-0.2, -0.15) is 0 Å². The number of hydrogen-bond acceptors (Lipinski definition) is 2. The zero-order valence-corrected chi connectivity index (χ0v) is 13.3. The van der Waals surface area contributed by atoms with Gasteiger partial charge in [-0.25, -0.2) is 4.39 Å². The zero-order chi connectivity index (χ0) is 14.5. The number of benzene rings is 1. The molecule has 2 nitrogen and oxygen atoms in total. The first-order valence-electron chi connectivity index (χ1n) is 6.41. The summed E-state index contributed by atoms with van der Waals surface area (Å²) in [5.74, 6) is -0.294. The lowest BCUT2D eigenvalue weighted by atomic mass is 9.78. The molecule has 1 unspecified atom stereocenters. The minimum Gasteiger partial charge on any atom is -0.386 e. The van der Waals surface area contributed by atoms with E-state index in [9.17, 15) is 9.50 Å². The van der Waals surface area contributed by atoms with Crippen molar-refractivity contribution in [3.8, 4) is 0 Å². The summed E-state index contributed by atoms with van der Waals surface area (Å²) in [6.45, 7) is 7.61. The summed E-state index contributed by atoms with van der Waals surface area (Å²) in [4.78, 5) is 0. The van der Waals surface area contributed by atoms with E-state index in [2.05, 4.69) is 15.9 Å². The van der Waals surface area contributed by atoms with E-state index < -0.39 is 16.8 Å². The molecule has 19 heavy (non-hydrogen) atoms. The monoisotopic (exact) mass is 330 g/mol. The highest BCUT2D eigenvalue weighted by Gasteiger charge is 2.56. The van der Waals surface area contributed by atoms with Crippen LogP contribution in [0.3, 0.4) is 0 Å². The average molecular weight is 331 g/mol. The molecule has 0 amide bonds. The summed E-state index contributed by atoms with van der Waals surface area (Å²) < 4.78 is 20.6. The quantitative estimate of drug-likeness (QED) is 0.892. The Labute approximate surface area is 122 Å². The number of rotatable bonds is 2. The smallest absolute Gasteiger partial charge is 0.126 e. The Balaban J connectivity index is 2.34. The summed E-state index contributed by atoms with van der Waals surface area (Å²) in [5.41, 5.74) is -1.67. The molecule has 1 heterocycles. The molecule has 1 saturated heterocycles. The Hall–Kier alpha value is -0.450. The summed E-state index contributed by atoms with van der Waals surface area (Å²) in [7, 11) is 0. The third-order valence-corrected chi connectivity index (χ3v) is 4.35. The van der Waals surface area contributed by atoms with Crippen molar-refractivity contribution in [1.29, 1.82) is 0 Å². The first kappa shape index (κ1) is 14.9. The normalized spacial score (nSPS) is 28.6. The van der Waals surface area contributed by atoms with Crippen molar-refractivity contribution in [2.45, 2.75) is 57.3 Å². The summed E-state index contributed by atoms with van der Waals surface area (Å²) in [5, 5.41) is 10.9. The summed E-state index contributed by atoms with van der Waals surface area (Å²) >= 11 is 3.33. The van der Waals surface area contributed by atoms with Gasteiger partial charge < -0.3 is 9.84 Å². The van der Waals surface area contributed by atoms with E-state index >= 15 is 0 Å². The van der Waals surface area contributed by atoms with E-state index in [0.29, 0.717) is 12.0 Å². The van der Waals surface area contributed by atoms with Crippen molar-refractivity contribution in [3.05, 3.63) is 34.1 Å². The molecule has 1 fully saturated rings. The molecule has 106 valence electrons. The largest absolute Gasteiger partial charge is 0.386 e. The number of hydrogen-bond donors (Lipinski definition) is 1. The fraction of sp³-hybridized carbons (Fsp3) is 0.600. The van der Waals surface area contributed by atoms with Crippen LogP contribution in [-0.4, -0.2) is 21.9 Å². The van der Waals surface area contributed by atoms with Crippen LogP contribution in [0.5, 0.6) is 0 Å². The Morgan fingerprint density at radius 3 is 2.47 bits per heavy atom. The van der Waals surface area contributed by atoms with Crippen molar-refractivity contribution < 1.29 is 14.2 Å². The van der Waals surface area contributed by atoms with Gasteiger partial charge >= 0.3 is 0 Å². The van der Waals surface area contributed by atoms with Crippen LogP contribution >= 0.6 is 15.9 Å². The van der Waals surface area contributed by atoms with Crippen molar-refractivity contribution in [1.82, 2.24) is 0 Å². The molecular formula is C15H20BrFO2. The van der Waals surface area contributed by atoms with Gasteiger partial charge in [0.1, 0.15) is 5.82 Å². The highest BCUT2D eigenvalue weighted by Crippen LogP contribution is 2.46. The molecule has 1 aliphatic heterocycles. The van der Waals surface area contributed by atoms with Gasteiger partial charge in [-0.15, -0.1) is 0 Å². The first-order chi connectivity index (χ1) is 8.55. The second kappa shape index (κ2) is 4.54. The lowest BCUT2D eigenvalue weighted by Crippen LogP contribution is -2.48. The van der Waals surface area contributed by atoms with Crippen molar-refractivity contribution >= 4 is 15.9 Å². The zero-order valence-electron chi connectivity index (χ0n) is 11.8. The lowest BCUT2D eigenvalue weighted by molar-refractivity contribution is -0.126. The molecule has 0 saturated carbocycles. The Morgan fingerprint density at radius 2 is 1.95 bits per heavy atom. The Morgan fingerprint density at radius 1 is 1.32 bits per heavy atom. The van der Waals surface area contributed by atoms with E-state index in [1.165, 1.54) is 6.07 Å². The standard InChI is InChI=1S/C15H20BrFO2/c1-13(2)9-15(18,14(3,4)19-13)8-10-7-11(16)5-6-12(10)17/h5-7,18H,8-9H2,1-4H3. The predicted octanol–water partition coefficient (Wildman–Crippen LogP) is 3.84. The number of halogens is 2. The molecule has 1 atom stereocenters. The molecule has 0 bridgehead atoms. The first-order valence-corrected chi connectivity index (χ1v) is 7.21. The maximum atomic E-state index is 13.9. The van der Waals surface area contributed by atoms with E-state index in [4.69, 9.17) is 4.74 Å². The molecule has 4 heteroatoms. The molecule has 0 aromatic heterocycles. The maximum absolute atomic E-state index is 13.9. The number of aliphatic hydroxyl groups is 1. The van der Waals surface area contributed by atoms with E-state index in [1.807, 2.05) is 27.7 Å². The van der Waals surface area contributed by atoms with Gasteiger partial charge in [0, 0.05) is 17.3 Å².